The van der Waals surface area contributed by atoms with Crippen LogP contribution < -0.4 is 5.32 Å². The fourth-order valence-electron chi connectivity index (χ4n) is 1.64. The minimum atomic E-state index is -4.41. The van der Waals surface area contributed by atoms with Gasteiger partial charge in [-0.25, -0.2) is 0 Å². The molecular weight excluding hydrogens is 271 g/mol. The van der Waals surface area contributed by atoms with E-state index in [1.807, 2.05) is 6.92 Å². The average Bonchev–Trinajstić information content (AvgIpc) is 2.40. The molecule has 0 saturated carbocycles. The second-order valence-corrected chi connectivity index (χ2v) is 4.51. The minimum Gasteiger partial charge on any atom is -0.389 e. The molecule has 3 nitrogen and oxygen atoms in total. The normalized spacial score (nSPS) is 13.2. The molecule has 0 fully saturated rings. The molecule has 0 radical (unpaired) electrons. The number of hydrogen-bond acceptors (Lipinski definition) is 3. The standard InChI is InChI=1S/C14H20F3NO2/c1-2-3-8-20-10-11(19)9-18-13-7-5-4-6-12(13)14(15,16)17/h4-7,11,18-19H,2-3,8-10H2,1H3. The van der Waals surface area contributed by atoms with E-state index in [1.165, 1.54) is 18.2 Å². The van der Waals surface area contributed by atoms with Crippen LogP contribution in [0.25, 0.3) is 0 Å². The molecule has 0 amide bonds. The van der Waals surface area contributed by atoms with E-state index < -0.39 is 17.8 Å². The Morgan fingerprint density at radius 1 is 1.30 bits per heavy atom. The zero-order valence-corrected chi connectivity index (χ0v) is 11.4. The van der Waals surface area contributed by atoms with Gasteiger partial charge in [-0.3, -0.25) is 0 Å². The molecule has 2 N–H and O–H groups in total. The maximum Gasteiger partial charge on any atom is 0.418 e. The number of hydrogen-bond donors (Lipinski definition) is 2. The van der Waals surface area contributed by atoms with E-state index in [0.29, 0.717) is 6.61 Å². The number of aliphatic hydroxyl groups is 1. The largest absolute Gasteiger partial charge is 0.418 e. The first kappa shape index (κ1) is 16.8. The maximum absolute atomic E-state index is 12.7. The number of halogens is 3. The molecule has 0 heterocycles. The number of para-hydroxylation sites is 1. The predicted octanol–water partition coefficient (Wildman–Crippen LogP) is 3.29. The quantitative estimate of drug-likeness (QED) is 0.722. The van der Waals surface area contributed by atoms with Crippen molar-refractivity contribution in [3.8, 4) is 0 Å². The number of benzene rings is 1. The van der Waals surface area contributed by atoms with Crippen molar-refractivity contribution in [1.29, 1.82) is 0 Å². The first-order valence-electron chi connectivity index (χ1n) is 6.61. The van der Waals surface area contributed by atoms with Crippen molar-refractivity contribution in [1.82, 2.24) is 0 Å². The van der Waals surface area contributed by atoms with E-state index in [9.17, 15) is 18.3 Å². The molecule has 0 aromatic heterocycles. The molecule has 1 aromatic carbocycles. The molecule has 114 valence electrons. The van der Waals surface area contributed by atoms with Crippen LogP contribution in [0.15, 0.2) is 24.3 Å². The molecule has 1 atom stereocenters. The van der Waals surface area contributed by atoms with Crippen LogP contribution in [-0.2, 0) is 10.9 Å². The van der Waals surface area contributed by atoms with Gasteiger partial charge in [-0.2, -0.15) is 13.2 Å². The summed E-state index contributed by atoms with van der Waals surface area (Å²) in [6.45, 7) is 2.70. The summed E-state index contributed by atoms with van der Waals surface area (Å²) in [5.41, 5.74) is -0.772. The van der Waals surface area contributed by atoms with Crippen LogP contribution in [0.2, 0.25) is 0 Å². The van der Waals surface area contributed by atoms with Crippen LogP contribution in [0, 0.1) is 0 Å². The fourth-order valence-corrected chi connectivity index (χ4v) is 1.64. The number of ether oxygens (including phenoxy) is 1. The van der Waals surface area contributed by atoms with E-state index in [0.717, 1.165) is 18.9 Å². The Hall–Kier alpha value is -1.27. The molecule has 0 aliphatic rings. The van der Waals surface area contributed by atoms with Gasteiger partial charge in [-0.1, -0.05) is 25.5 Å². The molecule has 0 spiro atoms. The van der Waals surface area contributed by atoms with Crippen molar-refractivity contribution >= 4 is 5.69 Å². The Morgan fingerprint density at radius 2 is 2.00 bits per heavy atom. The smallest absolute Gasteiger partial charge is 0.389 e. The molecule has 0 saturated heterocycles. The van der Waals surface area contributed by atoms with E-state index in [-0.39, 0.29) is 18.8 Å². The van der Waals surface area contributed by atoms with Crippen LogP contribution in [0.4, 0.5) is 18.9 Å². The lowest BCUT2D eigenvalue weighted by atomic mass is 10.1. The summed E-state index contributed by atoms with van der Waals surface area (Å²) in [7, 11) is 0. The fraction of sp³-hybridized carbons (Fsp3) is 0.571. The number of rotatable bonds is 8. The number of alkyl halides is 3. The van der Waals surface area contributed by atoms with Crippen molar-refractivity contribution in [3.05, 3.63) is 29.8 Å². The molecule has 0 aliphatic carbocycles. The third kappa shape index (κ3) is 5.79. The minimum absolute atomic E-state index is 0.0131. The van der Waals surface area contributed by atoms with Crippen molar-refractivity contribution in [2.24, 2.45) is 0 Å². The third-order valence-corrected chi connectivity index (χ3v) is 2.71. The van der Waals surface area contributed by atoms with Gasteiger partial charge in [0.25, 0.3) is 0 Å². The van der Waals surface area contributed by atoms with E-state index >= 15 is 0 Å². The first-order valence-corrected chi connectivity index (χ1v) is 6.61. The molecule has 0 bridgehead atoms. The summed E-state index contributed by atoms with van der Waals surface area (Å²) < 4.78 is 43.4. The van der Waals surface area contributed by atoms with Gasteiger partial charge in [0.15, 0.2) is 0 Å². The molecule has 6 heteroatoms. The summed E-state index contributed by atoms with van der Waals surface area (Å²) in [6, 6.07) is 5.19. The Balaban J connectivity index is 2.45. The number of aliphatic hydroxyl groups excluding tert-OH is 1. The van der Waals surface area contributed by atoms with Crippen molar-refractivity contribution in [3.63, 3.8) is 0 Å². The molecule has 1 rings (SSSR count). The van der Waals surface area contributed by atoms with Gasteiger partial charge in [-0.15, -0.1) is 0 Å². The Labute approximate surface area is 116 Å². The van der Waals surface area contributed by atoms with Crippen LogP contribution in [0.1, 0.15) is 25.3 Å². The third-order valence-electron chi connectivity index (χ3n) is 2.71. The average molecular weight is 291 g/mol. The topological polar surface area (TPSA) is 41.5 Å². The van der Waals surface area contributed by atoms with Gasteiger partial charge < -0.3 is 15.2 Å². The molecule has 20 heavy (non-hydrogen) atoms. The Morgan fingerprint density at radius 3 is 2.65 bits per heavy atom. The van der Waals surface area contributed by atoms with Gasteiger partial charge >= 0.3 is 6.18 Å². The van der Waals surface area contributed by atoms with Gasteiger partial charge in [0.2, 0.25) is 0 Å². The highest BCUT2D eigenvalue weighted by atomic mass is 19.4. The van der Waals surface area contributed by atoms with Crippen LogP contribution in [-0.4, -0.2) is 31.0 Å². The molecule has 1 unspecified atom stereocenters. The number of anilines is 1. The van der Waals surface area contributed by atoms with Crippen molar-refractivity contribution in [2.75, 3.05) is 25.1 Å². The monoisotopic (exact) mass is 291 g/mol. The van der Waals surface area contributed by atoms with Crippen molar-refractivity contribution in [2.45, 2.75) is 32.0 Å². The molecular formula is C14H20F3NO2. The van der Waals surface area contributed by atoms with E-state index in [4.69, 9.17) is 4.74 Å². The predicted molar refractivity (Wildman–Crippen MR) is 71.7 cm³/mol. The van der Waals surface area contributed by atoms with Gasteiger partial charge in [-0.05, 0) is 18.6 Å². The second kappa shape index (κ2) is 8.11. The Kier molecular flexibility index (Phi) is 6.81. The lowest BCUT2D eigenvalue weighted by molar-refractivity contribution is -0.137. The lowest BCUT2D eigenvalue weighted by Gasteiger charge is -2.17. The lowest BCUT2D eigenvalue weighted by Crippen LogP contribution is -2.26. The van der Waals surface area contributed by atoms with E-state index in [2.05, 4.69) is 5.32 Å². The highest BCUT2D eigenvalue weighted by Gasteiger charge is 2.33. The summed E-state index contributed by atoms with van der Waals surface area (Å²) in [4.78, 5) is 0. The maximum atomic E-state index is 12.7. The highest BCUT2D eigenvalue weighted by Crippen LogP contribution is 2.34. The SMILES string of the molecule is CCCCOCC(O)CNc1ccccc1C(F)(F)F. The summed E-state index contributed by atoms with van der Waals surface area (Å²) in [6.07, 6.45) is -3.36. The Bertz CT molecular complexity index is 396. The van der Waals surface area contributed by atoms with Gasteiger partial charge in [0.1, 0.15) is 0 Å². The zero-order valence-electron chi connectivity index (χ0n) is 11.4. The first-order chi connectivity index (χ1) is 9.45. The van der Waals surface area contributed by atoms with Gasteiger partial charge in [0.05, 0.1) is 18.3 Å². The highest BCUT2D eigenvalue weighted by molar-refractivity contribution is 5.52. The van der Waals surface area contributed by atoms with Crippen LogP contribution in [0.5, 0.6) is 0 Å². The van der Waals surface area contributed by atoms with E-state index in [1.54, 1.807) is 0 Å². The zero-order chi connectivity index (χ0) is 15.0. The number of nitrogens with one attached hydrogen (secondary N) is 1. The summed E-state index contributed by atoms with van der Waals surface area (Å²) in [5, 5.41) is 12.2. The van der Waals surface area contributed by atoms with Crippen LogP contribution >= 0.6 is 0 Å². The second-order valence-electron chi connectivity index (χ2n) is 4.51. The number of unbranched alkanes of at least 4 members (excludes halogenated alkanes) is 1. The molecule has 1 aromatic rings. The van der Waals surface area contributed by atoms with Gasteiger partial charge in [0, 0.05) is 18.8 Å². The van der Waals surface area contributed by atoms with Crippen molar-refractivity contribution < 1.29 is 23.0 Å². The van der Waals surface area contributed by atoms with Crippen LogP contribution in [0.3, 0.4) is 0 Å². The summed E-state index contributed by atoms with van der Waals surface area (Å²) >= 11 is 0. The molecule has 0 aliphatic heterocycles. The summed E-state index contributed by atoms with van der Waals surface area (Å²) in [5.74, 6) is 0.